The summed E-state index contributed by atoms with van der Waals surface area (Å²) in [6.45, 7) is 0. The molecule has 0 saturated carbocycles. The average Bonchev–Trinajstić information content (AvgIpc) is 3.68. The first-order valence-electron chi connectivity index (χ1n) is 20.8. The summed E-state index contributed by atoms with van der Waals surface area (Å²) in [5, 5.41) is 7.17. The lowest BCUT2D eigenvalue weighted by atomic mass is 9.95. The topological polar surface area (TPSA) is 30.7 Å². The number of para-hydroxylation sites is 2. The minimum atomic E-state index is 0.869. The predicted molar refractivity (Wildman–Crippen MR) is 256 cm³/mol. The van der Waals surface area contributed by atoms with Crippen molar-refractivity contribution in [2.45, 2.75) is 0 Å². The van der Waals surface area contributed by atoms with Gasteiger partial charge < -0.3 is 4.57 Å². The number of hydrogen-bond donors (Lipinski definition) is 0. The molecule has 2 aromatic heterocycles. The van der Waals surface area contributed by atoms with Crippen molar-refractivity contribution in [2.24, 2.45) is 0 Å². The van der Waals surface area contributed by atoms with Crippen LogP contribution in [0.4, 0.5) is 0 Å². The molecule has 0 atom stereocenters. The van der Waals surface area contributed by atoms with Gasteiger partial charge in [0.05, 0.1) is 34.0 Å². The molecular weight excluding hydrogens is 739 g/mol. The van der Waals surface area contributed by atoms with Crippen LogP contribution in [0, 0.1) is 0 Å². The molecule has 3 nitrogen and oxygen atoms in total. The maximum Gasteiger partial charge on any atom is 0.0979 e. The highest BCUT2D eigenvalue weighted by Gasteiger charge is 2.15. The molecule has 0 spiro atoms. The maximum absolute atomic E-state index is 5.19. The Morgan fingerprint density at radius 1 is 0.279 bits per heavy atom. The van der Waals surface area contributed by atoms with E-state index in [0.717, 1.165) is 38.6 Å². The minimum absolute atomic E-state index is 0.869. The Labute approximate surface area is 353 Å². The number of rotatable bonds is 6. The lowest BCUT2D eigenvalue weighted by Gasteiger charge is -2.11. The zero-order valence-corrected chi connectivity index (χ0v) is 33.2. The number of nitrogens with zero attached hydrogens (tertiary/aromatic N) is 3. The molecule has 0 unspecified atom stereocenters. The highest BCUT2D eigenvalue weighted by Crippen LogP contribution is 2.38. The summed E-state index contributed by atoms with van der Waals surface area (Å²) in [6.07, 6.45) is 1.91. The zero-order valence-electron chi connectivity index (χ0n) is 33.2. The second-order valence-electron chi connectivity index (χ2n) is 15.8. The number of hydrogen-bond acceptors (Lipinski definition) is 2. The van der Waals surface area contributed by atoms with Crippen molar-refractivity contribution in [3.05, 3.63) is 225 Å². The molecule has 12 rings (SSSR count). The summed E-state index contributed by atoms with van der Waals surface area (Å²) in [5.41, 5.74) is 16.9. The van der Waals surface area contributed by atoms with Crippen molar-refractivity contribution in [3.8, 4) is 61.5 Å². The summed E-state index contributed by atoms with van der Waals surface area (Å²) < 4.78 is 2.36. The second kappa shape index (κ2) is 14.3. The van der Waals surface area contributed by atoms with Crippen LogP contribution in [0.1, 0.15) is 0 Å². The average molecular weight is 776 g/mol. The van der Waals surface area contributed by atoms with Crippen LogP contribution in [0.25, 0.3) is 116 Å². The molecule has 0 N–H and O–H groups in total. The SMILES string of the molecule is c1ccc(-n2c3ccccc3c3cc(-c4cccc(-c5cccc(-c6ccc(-c7ccc(-c8cnc9c%10ccccc%10c%10ccccc%10c9n8)cc7)cc6)c5)c4)ccc32)cc1. The van der Waals surface area contributed by atoms with Crippen LogP contribution in [-0.4, -0.2) is 14.5 Å². The minimum Gasteiger partial charge on any atom is -0.309 e. The molecule has 10 aromatic carbocycles. The molecule has 0 amide bonds. The van der Waals surface area contributed by atoms with E-state index in [1.165, 1.54) is 77.2 Å². The molecule has 61 heavy (non-hydrogen) atoms. The Hall–Kier alpha value is -8.14. The Kier molecular flexibility index (Phi) is 8.17. The summed E-state index contributed by atoms with van der Waals surface area (Å²) in [6, 6.07) is 78.5. The Morgan fingerprint density at radius 3 is 1.34 bits per heavy atom. The van der Waals surface area contributed by atoms with E-state index < -0.39 is 0 Å². The molecule has 284 valence electrons. The second-order valence-corrected chi connectivity index (χ2v) is 15.8. The quantitative estimate of drug-likeness (QED) is 0.158. The van der Waals surface area contributed by atoms with Gasteiger partial charge in [0.2, 0.25) is 0 Å². The lowest BCUT2D eigenvalue weighted by Crippen LogP contribution is -1.92. The van der Waals surface area contributed by atoms with Crippen LogP contribution in [0.3, 0.4) is 0 Å². The zero-order chi connectivity index (χ0) is 40.3. The Balaban J connectivity index is 0.816. The predicted octanol–water partition coefficient (Wildman–Crippen LogP) is 15.4. The number of fused-ring (bicyclic) bond motifs is 9. The standard InChI is InChI=1S/C58H37N3/c1-2-16-47(17-3-1)61-55-23-9-8-20-50(55)53-36-46(32-33-56(53)61)45-15-11-14-44(35-45)43-13-10-12-42(34-43)40-26-24-38(25-27-40)39-28-30-41(31-29-39)54-37-59-57-51-21-6-4-18-48(51)49-19-5-7-22-52(49)58(57)60-54/h1-37H. The fraction of sp³-hybridized carbons (Fsp3) is 0. The molecule has 0 bridgehead atoms. The van der Waals surface area contributed by atoms with E-state index in [1.807, 2.05) is 6.20 Å². The molecule has 0 saturated heterocycles. The lowest BCUT2D eigenvalue weighted by molar-refractivity contribution is 1.18. The fourth-order valence-corrected chi connectivity index (χ4v) is 9.21. The number of benzene rings is 10. The molecule has 0 aliphatic rings. The first kappa shape index (κ1) is 34.9. The van der Waals surface area contributed by atoms with Gasteiger partial charge in [-0.1, -0.05) is 176 Å². The molecule has 0 radical (unpaired) electrons. The van der Waals surface area contributed by atoms with E-state index in [4.69, 9.17) is 9.97 Å². The monoisotopic (exact) mass is 775 g/mol. The van der Waals surface area contributed by atoms with E-state index in [-0.39, 0.29) is 0 Å². The van der Waals surface area contributed by atoms with Crippen molar-refractivity contribution in [1.29, 1.82) is 0 Å². The van der Waals surface area contributed by atoms with E-state index >= 15 is 0 Å². The van der Waals surface area contributed by atoms with Gasteiger partial charge in [-0.25, -0.2) is 4.98 Å². The van der Waals surface area contributed by atoms with Crippen molar-refractivity contribution in [2.75, 3.05) is 0 Å². The highest BCUT2D eigenvalue weighted by atomic mass is 15.0. The van der Waals surface area contributed by atoms with Crippen molar-refractivity contribution in [1.82, 2.24) is 14.5 Å². The van der Waals surface area contributed by atoms with Gasteiger partial charge in [0, 0.05) is 32.8 Å². The molecule has 0 fully saturated rings. The third-order valence-corrected chi connectivity index (χ3v) is 12.2. The summed E-state index contributed by atoms with van der Waals surface area (Å²) in [4.78, 5) is 10.2. The van der Waals surface area contributed by atoms with Gasteiger partial charge in [-0.05, 0) is 97.7 Å². The number of aromatic nitrogens is 3. The van der Waals surface area contributed by atoms with Crippen LogP contribution in [0.5, 0.6) is 0 Å². The van der Waals surface area contributed by atoms with E-state index in [0.29, 0.717) is 0 Å². The van der Waals surface area contributed by atoms with Crippen molar-refractivity contribution >= 4 is 54.4 Å². The highest BCUT2D eigenvalue weighted by molar-refractivity contribution is 6.23. The van der Waals surface area contributed by atoms with Gasteiger partial charge >= 0.3 is 0 Å². The third kappa shape index (κ3) is 5.98. The first-order valence-corrected chi connectivity index (χ1v) is 20.8. The maximum atomic E-state index is 5.19. The summed E-state index contributed by atoms with van der Waals surface area (Å²) in [5.74, 6) is 0. The van der Waals surface area contributed by atoms with Crippen LogP contribution >= 0.6 is 0 Å². The Bertz CT molecular complexity index is 3590. The van der Waals surface area contributed by atoms with Gasteiger partial charge in [-0.15, -0.1) is 0 Å². The van der Waals surface area contributed by atoms with Crippen LogP contribution in [-0.2, 0) is 0 Å². The Morgan fingerprint density at radius 2 is 0.721 bits per heavy atom. The van der Waals surface area contributed by atoms with Gasteiger partial charge in [0.1, 0.15) is 0 Å². The van der Waals surface area contributed by atoms with Crippen molar-refractivity contribution < 1.29 is 0 Å². The fourth-order valence-electron chi connectivity index (χ4n) is 9.21. The molecular formula is C58H37N3. The van der Waals surface area contributed by atoms with Gasteiger partial charge in [0.15, 0.2) is 0 Å². The molecule has 12 aromatic rings. The van der Waals surface area contributed by atoms with Crippen molar-refractivity contribution in [3.63, 3.8) is 0 Å². The first-order chi connectivity index (χ1) is 30.2. The smallest absolute Gasteiger partial charge is 0.0979 e. The summed E-state index contributed by atoms with van der Waals surface area (Å²) >= 11 is 0. The van der Waals surface area contributed by atoms with Crippen LogP contribution in [0.2, 0.25) is 0 Å². The van der Waals surface area contributed by atoms with Crippen LogP contribution < -0.4 is 0 Å². The summed E-state index contributed by atoms with van der Waals surface area (Å²) in [7, 11) is 0. The molecule has 2 heterocycles. The largest absolute Gasteiger partial charge is 0.309 e. The normalized spacial score (nSPS) is 11.6. The molecule has 0 aliphatic heterocycles. The van der Waals surface area contributed by atoms with Gasteiger partial charge in [-0.2, -0.15) is 0 Å². The molecule has 0 aliphatic carbocycles. The van der Waals surface area contributed by atoms with Gasteiger partial charge in [0.25, 0.3) is 0 Å². The third-order valence-electron chi connectivity index (χ3n) is 12.2. The van der Waals surface area contributed by atoms with Gasteiger partial charge in [-0.3, -0.25) is 4.98 Å². The van der Waals surface area contributed by atoms with E-state index in [1.54, 1.807) is 0 Å². The van der Waals surface area contributed by atoms with E-state index in [2.05, 4.69) is 223 Å². The molecule has 3 heteroatoms. The van der Waals surface area contributed by atoms with E-state index in [9.17, 15) is 0 Å². The van der Waals surface area contributed by atoms with Crippen LogP contribution in [0.15, 0.2) is 225 Å².